The van der Waals surface area contributed by atoms with Crippen LogP contribution in [0.2, 0.25) is 0 Å². The van der Waals surface area contributed by atoms with Crippen molar-refractivity contribution in [3.63, 3.8) is 0 Å². The summed E-state index contributed by atoms with van der Waals surface area (Å²) in [5.41, 5.74) is 11.3. The van der Waals surface area contributed by atoms with Gasteiger partial charge < -0.3 is 10.7 Å². The van der Waals surface area contributed by atoms with Crippen molar-refractivity contribution in [3.8, 4) is 5.69 Å². The van der Waals surface area contributed by atoms with Crippen LogP contribution in [0.1, 0.15) is 47.7 Å². The number of aromatic amines is 2. The van der Waals surface area contributed by atoms with Crippen molar-refractivity contribution < 1.29 is 0 Å². The monoisotopic (exact) mass is 404 g/mol. The maximum atomic E-state index is 12.2. The van der Waals surface area contributed by atoms with Crippen molar-refractivity contribution in [3.05, 3.63) is 79.4 Å². The number of H-pyrrole nitrogens is 2. The fourth-order valence-electron chi connectivity index (χ4n) is 3.80. The van der Waals surface area contributed by atoms with Crippen LogP contribution in [0, 0.1) is 13.8 Å². The van der Waals surface area contributed by atoms with Gasteiger partial charge in [-0.3, -0.25) is 14.8 Å². The molecule has 8 heteroatoms. The fraction of sp³-hybridized carbons (Fsp3) is 0.273. The Kier molecular flexibility index (Phi) is 4.77. The number of pyridine rings is 1. The SMILES string of the molecule is Cc1cc(-n2nc(N)c(=O)[nH]c2=O)cc(C)c1Cc1cc2c(C(C)C)c[nH]c2cn1. The summed E-state index contributed by atoms with van der Waals surface area (Å²) in [5, 5.41) is 5.11. The topological polar surface area (TPSA) is 122 Å². The number of fused-ring (bicyclic) bond motifs is 1. The summed E-state index contributed by atoms with van der Waals surface area (Å²) < 4.78 is 1.11. The third-order valence-corrected chi connectivity index (χ3v) is 5.41. The third-order valence-electron chi connectivity index (χ3n) is 5.41. The number of aromatic nitrogens is 5. The van der Waals surface area contributed by atoms with Crippen molar-refractivity contribution in [2.75, 3.05) is 5.73 Å². The number of hydrogen-bond acceptors (Lipinski definition) is 5. The van der Waals surface area contributed by atoms with Crippen molar-refractivity contribution >= 4 is 16.7 Å². The lowest BCUT2D eigenvalue weighted by Crippen LogP contribution is -2.33. The molecule has 0 spiro atoms. The Morgan fingerprint density at radius 3 is 2.50 bits per heavy atom. The molecular weight excluding hydrogens is 380 g/mol. The molecule has 0 aliphatic rings. The zero-order chi connectivity index (χ0) is 21.6. The zero-order valence-corrected chi connectivity index (χ0v) is 17.4. The lowest BCUT2D eigenvalue weighted by molar-refractivity contribution is 0.756. The molecule has 1 aromatic carbocycles. The molecule has 4 rings (SSSR count). The van der Waals surface area contributed by atoms with Crippen LogP contribution in [0.4, 0.5) is 5.82 Å². The summed E-state index contributed by atoms with van der Waals surface area (Å²) in [6, 6.07) is 5.87. The molecule has 4 aromatic rings. The van der Waals surface area contributed by atoms with E-state index < -0.39 is 11.2 Å². The molecule has 0 bridgehead atoms. The van der Waals surface area contributed by atoms with E-state index in [2.05, 4.69) is 40.0 Å². The van der Waals surface area contributed by atoms with Gasteiger partial charge in [0.1, 0.15) is 0 Å². The Balaban J connectivity index is 1.74. The first-order chi connectivity index (χ1) is 14.2. The van der Waals surface area contributed by atoms with E-state index in [1.165, 1.54) is 10.9 Å². The number of benzene rings is 1. The van der Waals surface area contributed by atoms with Crippen LogP contribution in [-0.2, 0) is 6.42 Å². The first kappa shape index (κ1) is 19.6. The molecule has 0 amide bonds. The number of nitrogens with two attached hydrogens (primary N) is 1. The summed E-state index contributed by atoms with van der Waals surface area (Å²) in [7, 11) is 0. The normalized spacial score (nSPS) is 11.5. The van der Waals surface area contributed by atoms with Crippen molar-refractivity contribution in [1.82, 2.24) is 24.7 Å². The van der Waals surface area contributed by atoms with Gasteiger partial charge in [0.2, 0.25) is 5.82 Å². The number of nitrogens with zero attached hydrogens (tertiary/aromatic N) is 3. The largest absolute Gasteiger partial charge is 0.378 e. The molecule has 154 valence electrons. The Bertz CT molecular complexity index is 1350. The van der Waals surface area contributed by atoms with Crippen molar-refractivity contribution in [2.45, 2.75) is 40.0 Å². The number of nitrogens with one attached hydrogen (secondary N) is 2. The second kappa shape index (κ2) is 7.29. The van der Waals surface area contributed by atoms with Crippen LogP contribution < -0.4 is 17.0 Å². The molecule has 4 N–H and O–H groups in total. The predicted molar refractivity (Wildman–Crippen MR) is 117 cm³/mol. The van der Waals surface area contributed by atoms with E-state index >= 15 is 0 Å². The van der Waals surface area contributed by atoms with Gasteiger partial charge in [0.25, 0.3) is 5.56 Å². The minimum Gasteiger partial charge on any atom is -0.378 e. The first-order valence-corrected chi connectivity index (χ1v) is 9.80. The highest BCUT2D eigenvalue weighted by Gasteiger charge is 2.13. The summed E-state index contributed by atoms with van der Waals surface area (Å²) in [4.78, 5) is 33.7. The van der Waals surface area contributed by atoms with Gasteiger partial charge >= 0.3 is 5.69 Å². The standard InChI is InChI=1S/C22H24N6O2/c1-11(2)18-9-25-19-10-24-14(8-17(18)19)7-16-12(3)5-15(6-13(16)4)28-22(30)26-21(29)20(23)27-28/h5-6,8-11,25H,7H2,1-4H3,(H2,23,27)(H,26,29,30). The summed E-state index contributed by atoms with van der Waals surface area (Å²) in [6.07, 6.45) is 4.60. The average Bonchev–Trinajstić information content (AvgIpc) is 3.11. The van der Waals surface area contributed by atoms with Gasteiger partial charge in [-0.2, -0.15) is 4.68 Å². The molecule has 0 saturated heterocycles. The molecule has 0 atom stereocenters. The molecule has 3 aromatic heterocycles. The van der Waals surface area contributed by atoms with Gasteiger partial charge in [-0.15, -0.1) is 5.10 Å². The Morgan fingerprint density at radius 2 is 1.83 bits per heavy atom. The Labute approximate surface area is 172 Å². The number of anilines is 1. The van der Waals surface area contributed by atoms with Gasteiger partial charge in [-0.1, -0.05) is 13.8 Å². The maximum Gasteiger partial charge on any atom is 0.349 e. The number of hydrogen-bond donors (Lipinski definition) is 3. The zero-order valence-electron chi connectivity index (χ0n) is 17.4. The van der Waals surface area contributed by atoms with Crippen LogP contribution in [-0.4, -0.2) is 24.7 Å². The lowest BCUT2D eigenvalue weighted by atomic mass is 9.96. The second-order valence-corrected chi connectivity index (χ2v) is 7.91. The van der Waals surface area contributed by atoms with E-state index in [9.17, 15) is 9.59 Å². The van der Waals surface area contributed by atoms with Crippen LogP contribution >= 0.6 is 0 Å². The van der Waals surface area contributed by atoms with Gasteiger partial charge in [-0.05, 0) is 60.2 Å². The molecule has 0 fully saturated rings. The third kappa shape index (κ3) is 3.41. The van der Waals surface area contributed by atoms with E-state index in [0.717, 1.165) is 32.6 Å². The van der Waals surface area contributed by atoms with E-state index in [1.807, 2.05) is 38.4 Å². The first-order valence-electron chi connectivity index (χ1n) is 9.80. The van der Waals surface area contributed by atoms with E-state index in [0.29, 0.717) is 18.0 Å². The average molecular weight is 404 g/mol. The van der Waals surface area contributed by atoms with Crippen molar-refractivity contribution in [2.24, 2.45) is 0 Å². The van der Waals surface area contributed by atoms with Crippen LogP contribution in [0.3, 0.4) is 0 Å². The fourth-order valence-corrected chi connectivity index (χ4v) is 3.80. The molecule has 0 unspecified atom stereocenters. The lowest BCUT2D eigenvalue weighted by Gasteiger charge is -2.13. The summed E-state index contributed by atoms with van der Waals surface area (Å²) >= 11 is 0. The van der Waals surface area contributed by atoms with Crippen LogP contribution in [0.15, 0.2) is 40.2 Å². The van der Waals surface area contributed by atoms with E-state index in [4.69, 9.17) is 5.73 Å². The van der Waals surface area contributed by atoms with Crippen LogP contribution in [0.25, 0.3) is 16.6 Å². The number of rotatable bonds is 4. The Hall–Kier alpha value is -3.68. The molecule has 0 aliphatic heterocycles. The van der Waals surface area contributed by atoms with Gasteiger partial charge in [0.15, 0.2) is 0 Å². The molecule has 0 aliphatic carbocycles. The minimum atomic E-state index is -0.687. The summed E-state index contributed by atoms with van der Waals surface area (Å²) in [6.45, 7) is 8.32. The highest BCUT2D eigenvalue weighted by molar-refractivity contribution is 5.83. The smallest absolute Gasteiger partial charge is 0.349 e. The quantitative estimate of drug-likeness (QED) is 0.483. The summed E-state index contributed by atoms with van der Waals surface area (Å²) in [5.74, 6) is 0.172. The Morgan fingerprint density at radius 1 is 1.13 bits per heavy atom. The highest BCUT2D eigenvalue weighted by atomic mass is 16.2. The van der Waals surface area contributed by atoms with Gasteiger partial charge in [-0.25, -0.2) is 4.79 Å². The van der Waals surface area contributed by atoms with Crippen molar-refractivity contribution in [1.29, 1.82) is 0 Å². The highest BCUT2D eigenvalue weighted by Crippen LogP contribution is 2.27. The molecule has 8 nitrogen and oxygen atoms in total. The molecule has 3 heterocycles. The molecule has 30 heavy (non-hydrogen) atoms. The van der Waals surface area contributed by atoms with Gasteiger partial charge in [0, 0.05) is 23.7 Å². The van der Waals surface area contributed by atoms with E-state index in [1.54, 1.807) is 0 Å². The number of aryl methyl sites for hydroxylation is 2. The predicted octanol–water partition coefficient (Wildman–Crippen LogP) is 2.71. The maximum absolute atomic E-state index is 12.2. The number of nitrogen functional groups attached to an aromatic ring is 1. The second-order valence-electron chi connectivity index (χ2n) is 7.91. The van der Waals surface area contributed by atoms with Crippen LogP contribution in [0.5, 0.6) is 0 Å². The van der Waals surface area contributed by atoms with Gasteiger partial charge in [0.05, 0.1) is 17.4 Å². The molecule has 0 saturated carbocycles. The molecule has 0 radical (unpaired) electrons. The van der Waals surface area contributed by atoms with E-state index in [-0.39, 0.29) is 5.82 Å². The molecular formula is C22H24N6O2. The minimum absolute atomic E-state index is 0.251.